The van der Waals surface area contributed by atoms with Gasteiger partial charge in [0.15, 0.2) is 0 Å². The second kappa shape index (κ2) is 4.83. The van der Waals surface area contributed by atoms with Gasteiger partial charge in [-0.15, -0.1) is 0 Å². The highest BCUT2D eigenvalue weighted by Gasteiger charge is 2.16. The molecule has 0 heterocycles. The zero-order valence-electron chi connectivity index (χ0n) is 8.92. The van der Waals surface area contributed by atoms with Gasteiger partial charge in [0.2, 0.25) is 0 Å². The van der Waals surface area contributed by atoms with Crippen molar-refractivity contribution in [3.8, 4) is 0 Å². The number of hydrogen-bond donors (Lipinski definition) is 1. The second-order valence-corrected chi connectivity index (χ2v) is 4.34. The van der Waals surface area contributed by atoms with Crippen LogP contribution in [-0.2, 0) is 4.74 Å². The Morgan fingerprint density at radius 2 is 1.83 bits per heavy atom. The molecule has 12 heavy (non-hydrogen) atoms. The Bertz CT molecular complexity index is 115. The Morgan fingerprint density at radius 3 is 2.17 bits per heavy atom. The van der Waals surface area contributed by atoms with Crippen LogP contribution in [0.1, 0.15) is 47.5 Å². The Kier molecular flexibility index (Phi) is 4.80. The monoisotopic (exact) mass is 174 g/mol. The zero-order valence-corrected chi connectivity index (χ0v) is 8.92. The molecule has 2 atom stereocenters. The third-order valence-corrected chi connectivity index (χ3v) is 1.63. The molecule has 2 unspecified atom stereocenters. The van der Waals surface area contributed by atoms with E-state index in [1.54, 1.807) is 0 Å². The molecule has 0 rings (SSSR count). The maximum absolute atomic E-state index is 9.35. The van der Waals surface area contributed by atoms with Crippen LogP contribution in [-0.4, -0.2) is 22.9 Å². The molecular formula is C10H22O2. The summed E-state index contributed by atoms with van der Waals surface area (Å²) in [6, 6.07) is 0. The van der Waals surface area contributed by atoms with E-state index >= 15 is 0 Å². The van der Waals surface area contributed by atoms with Crippen molar-refractivity contribution in [2.75, 3.05) is 0 Å². The van der Waals surface area contributed by atoms with E-state index in [0.29, 0.717) is 0 Å². The van der Waals surface area contributed by atoms with Gasteiger partial charge in [0.05, 0.1) is 17.8 Å². The quantitative estimate of drug-likeness (QED) is 0.709. The Balaban J connectivity index is 3.66. The largest absolute Gasteiger partial charge is 0.393 e. The summed E-state index contributed by atoms with van der Waals surface area (Å²) in [6.07, 6.45) is 1.45. The average Bonchev–Trinajstić information content (AvgIpc) is 1.82. The number of ether oxygens (including phenoxy) is 1. The van der Waals surface area contributed by atoms with Crippen LogP contribution in [0, 0.1) is 0 Å². The van der Waals surface area contributed by atoms with Gasteiger partial charge in [0.1, 0.15) is 0 Å². The SMILES string of the molecule is CCC(O)CC(C)OC(C)(C)C. The number of rotatable bonds is 4. The highest BCUT2D eigenvalue weighted by molar-refractivity contribution is 4.65. The molecule has 0 radical (unpaired) electrons. The van der Waals surface area contributed by atoms with Crippen LogP contribution in [0.2, 0.25) is 0 Å². The molecule has 0 aliphatic rings. The highest BCUT2D eigenvalue weighted by atomic mass is 16.5. The van der Waals surface area contributed by atoms with Crippen LogP contribution in [0.5, 0.6) is 0 Å². The summed E-state index contributed by atoms with van der Waals surface area (Å²) in [4.78, 5) is 0. The van der Waals surface area contributed by atoms with Crippen molar-refractivity contribution in [2.45, 2.75) is 65.3 Å². The van der Waals surface area contributed by atoms with Gasteiger partial charge in [-0.3, -0.25) is 0 Å². The van der Waals surface area contributed by atoms with E-state index in [-0.39, 0.29) is 17.8 Å². The van der Waals surface area contributed by atoms with Gasteiger partial charge >= 0.3 is 0 Å². The van der Waals surface area contributed by atoms with E-state index in [9.17, 15) is 5.11 Å². The van der Waals surface area contributed by atoms with E-state index in [4.69, 9.17) is 4.74 Å². The molecule has 0 aromatic heterocycles. The lowest BCUT2D eigenvalue weighted by Gasteiger charge is -2.26. The third-order valence-electron chi connectivity index (χ3n) is 1.63. The molecule has 0 aliphatic heterocycles. The van der Waals surface area contributed by atoms with E-state index in [2.05, 4.69) is 0 Å². The summed E-state index contributed by atoms with van der Waals surface area (Å²) in [7, 11) is 0. The lowest BCUT2D eigenvalue weighted by molar-refractivity contribution is -0.0681. The number of aliphatic hydroxyl groups excluding tert-OH is 1. The first-order valence-electron chi connectivity index (χ1n) is 4.71. The predicted octanol–water partition coefficient (Wildman–Crippen LogP) is 2.35. The van der Waals surface area contributed by atoms with Crippen molar-refractivity contribution in [2.24, 2.45) is 0 Å². The van der Waals surface area contributed by atoms with E-state index in [0.717, 1.165) is 12.8 Å². The molecular weight excluding hydrogens is 152 g/mol. The first kappa shape index (κ1) is 11.9. The normalized spacial score (nSPS) is 17.5. The average molecular weight is 174 g/mol. The minimum absolute atomic E-state index is 0.104. The molecule has 1 N–H and O–H groups in total. The minimum Gasteiger partial charge on any atom is -0.393 e. The van der Waals surface area contributed by atoms with Gasteiger partial charge in [0, 0.05) is 0 Å². The van der Waals surface area contributed by atoms with Crippen LogP contribution in [0.3, 0.4) is 0 Å². The molecule has 0 spiro atoms. The maximum atomic E-state index is 9.35. The van der Waals surface area contributed by atoms with Gasteiger partial charge in [-0.25, -0.2) is 0 Å². The number of hydrogen-bond acceptors (Lipinski definition) is 2. The van der Waals surface area contributed by atoms with Crippen LogP contribution in [0.4, 0.5) is 0 Å². The van der Waals surface area contributed by atoms with Crippen molar-refractivity contribution >= 4 is 0 Å². The van der Waals surface area contributed by atoms with Gasteiger partial charge in [0.25, 0.3) is 0 Å². The highest BCUT2D eigenvalue weighted by Crippen LogP contribution is 2.14. The molecule has 0 amide bonds. The van der Waals surface area contributed by atoms with Gasteiger partial charge in [-0.05, 0) is 40.5 Å². The summed E-state index contributed by atoms with van der Waals surface area (Å²) in [6.45, 7) is 10.1. The molecule has 2 heteroatoms. The Hall–Kier alpha value is -0.0800. The molecule has 0 saturated heterocycles. The van der Waals surface area contributed by atoms with E-state index < -0.39 is 0 Å². The molecule has 74 valence electrons. The molecule has 0 saturated carbocycles. The lowest BCUT2D eigenvalue weighted by Crippen LogP contribution is -2.28. The molecule has 0 bridgehead atoms. The van der Waals surface area contributed by atoms with Crippen molar-refractivity contribution in [1.82, 2.24) is 0 Å². The summed E-state index contributed by atoms with van der Waals surface area (Å²) < 4.78 is 5.65. The maximum Gasteiger partial charge on any atom is 0.0602 e. The van der Waals surface area contributed by atoms with E-state index in [1.807, 2.05) is 34.6 Å². The first-order chi connectivity index (χ1) is 5.35. The van der Waals surface area contributed by atoms with Crippen molar-refractivity contribution in [3.05, 3.63) is 0 Å². The van der Waals surface area contributed by atoms with Crippen molar-refractivity contribution in [1.29, 1.82) is 0 Å². The molecule has 2 nitrogen and oxygen atoms in total. The van der Waals surface area contributed by atoms with Gasteiger partial charge in [-0.1, -0.05) is 6.92 Å². The van der Waals surface area contributed by atoms with Gasteiger partial charge < -0.3 is 9.84 Å². The predicted molar refractivity (Wildman–Crippen MR) is 51.2 cm³/mol. The molecule has 0 aromatic carbocycles. The van der Waals surface area contributed by atoms with Crippen LogP contribution >= 0.6 is 0 Å². The summed E-state index contributed by atoms with van der Waals surface area (Å²) >= 11 is 0. The number of aliphatic hydroxyl groups is 1. The fraction of sp³-hybridized carbons (Fsp3) is 1.00. The van der Waals surface area contributed by atoms with Crippen molar-refractivity contribution in [3.63, 3.8) is 0 Å². The third kappa shape index (κ3) is 6.62. The molecule has 0 aromatic rings. The zero-order chi connectivity index (χ0) is 9.78. The second-order valence-electron chi connectivity index (χ2n) is 4.34. The van der Waals surface area contributed by atoms with Gasteiger partial charge in [-0.2, -0.15) is 0 Å². The Morgan fingerprint density at radius 1 is 1.33 bits per heavy atom. The van der Waals surface area contributed by atoms with Crippen LogP contribution < -0.4 is 0 Å². The lowest BCUT2D eigenvalue weighted by atomic mass is 10.1. The van der Waals surface area contributed by atoms with E-state index in [1.165, 1.54) is 0 Å². The van der Waals surface area contributed by atoms with Crippen LogP contribution in [0.25, 0.3) is 0 Å². The first-order valence-corrected chi connectivity index (χ1v) is 4.71. The fourth-order valence-electron chi connectivity index (χ4n) is 1.20. The van der Waals surface area contributed by atoms with Crippen molar-refractivity contribution < 1.29 is 9.84 Å². The van der Waals surface area contributed by atoms with Crippen LogP contribution in [0.15, 0.2) is 0 Å². The standard InChI is InChI=1S/C10H22O2/c1-6-9(11)7-8(2)12-10(3,4)5/h8-9,11H,6-7H2,1-5H3. The molecule has 0 aliphatic carbocycles. The summed E-state index contributed by atoms with van der Waals surface area (Å²) in [5.41, 5.74) is -0.104. The Labute approximate surface area is 75.9 Å². The minimum atomic E-state index is -0.220. The summed E-state index contributed by atoms with van der Waals surface area (Å²) in [5, 5.41) is 9.35. The topological polar surface area (TPSA) is 29.5 Å². The molecule has 0 fully saturated rings. The smallest absolute Gasteiger partial charge is 0.0602 e. The summed E-state index contributed by atoms with van der Waals surface area (Å²) in [5.74, 6) is 0. The fourth-order valence-corrected chi connectivity index (χ4v) is 1.20.